The maximum absolute atomic E-state index is 5.87. The van der Waals surface area contributed by atoms with Gasteiger partial charge in [-0.15, -0.1) is 0 Å². The zero-order chi connectivity index (χ0) is 14.7. The second-order valence-corrected chi connectivity index (χ2v) is 5.41. The van der Waals surface area contributed by atoms with Crippen LogP contribution >= 0.6 is 0 Å². The molecule has 0 amide bonds. The molecule has 0 saturated carbocycles. The molecule has 2 aromatic heterocycles. The highest BCUT2D eigenvalue weighted by Crippen LogP contribution is 2.34. The summed E-state index contributed by atoms with van der Waals surface area (Å²) >= 11 is 0. The minimum absolute atomic E-state index is 0.681. The van der Waals surface area contributed by atoms with E-state index < -0.39 is 0 Å². The van der Waals surface area contributed by atoms with Gasteiger partial charge in [-0.05, 0) is 42.6 Å². The van der Waals surface area contributed by atoms with Crippen LogP contribution in [0, 0.1) is 0 Å². The third kappa shape index (κ3) is 2.47. The average molecular weight is 278 g/mol. The first-order valence-electron chi connectivity index (χ1n) is 7.73. The molecule has 0 saturated heterocycles. The van der Waals surface area contributed by atoms with Gasteiger partial charge in [0.05, 0.1) is 0 Å². The first-order chi connectivity index (χ1) is 10.4. The van der Waals surface area contributed by atoms with Crippen molar-refractivity contribution in [2.24, 2.45) is 5.73 Å². The molecule has 0 fully saturated rings. The van der Waals surface area contributed by atoms with E-state index in [2.05, 4.69) is 66.1 Å². The fourth-order valence-electron chi connectivity index (χ4n) is 3.17. The summed E-state index contributed by atoms with van der Waals surface area (Å²) in [4.78, 5) is 0. The van der Waals surface area contributed by atoms with E-state index in [0.717, 1.165) is 19.3 Å². The zero-order valence-corrected chi connectivity index (χ0v) is 12.5. The van der Waals surface area contributed by atoms with E-state index in [0.29, 0.717) is 6.54 Å². The number of hydrogen-bond acceptors (Lipinski definition) is 1. The molecule has 3 aromatic rings. The maximum atomic E-state index is 5.87. The van der Waals surface area contributed by atoms with Crippen LogP contribution in [0.2, 0.25) is 0 Å². The molecule has 0 spiro atoms. The smallest absolute Gasteiger partial charge is 0.0491 e. The van der Waals surface area contributed by atoms with Crippen molar-refractivity contribution < 1.29 is 0 Å². The number of hydrogen-bond donors (Lipinski definition) is 1. The van der Waals surface area contributed by atoms with Crippen LogP contribution in [-0.4, -0.2) is 10.9 Å². The lowest BCUT2D eigenvalue weighted by Gasteiger charge is -2.07. The lowest BCUT2D eigenvalue weighted by atomic mass is 9.97. The van der Waals surface area contributed by atoms with Gasteiger partial charge in [0.25, 0.3) is 0 Å². The molecule has 0 radical (unpaired) electrons. The van der Waals surface area contributed by atoms with Crippen molar-refractivity contribution in [3.63, 3.8) is 0 Å². The van der Waals surface area contributed by atoms with E-state index >= 15 is 0 Å². The Labute approximate surface area is 126 Å². The van der Waals surface area contributed by atoms with Crippen LogP contribution in [0.1, 0.15) is 24.6 Å². The summed E-state index contributed by atoms with van der Waals surface area (Å²) < 4.78 is 2.34. The molecular weight excluding hydrogens is 256 g/mol. The molecule has 0 bridgehead atoms. The Hall–Kier alpha value is -2.06. The number of nitrogens with zero attached hydrogens (tertiary/aromatic N) is 1. The number of fused-ring (bicyclic) bond motifs is 1. The number of nitrogens with two attached hydrogens (primary N) is 1. The van der Waals surface area contributed by atoms with Crippen molar-refractivity contribution in [3.05, 3.63) is 66.0 Å². The summed E-state index contributed by atoms with van der Waals surface area (Å²) in [6.45, 7) is 2.92. The van der Waals surface area contributed by atoms with Gasteiger partial charge in [-0.25, -0.2) is 0 Å². The van der Waals surface area contributed by atoms with Crippen LogP contribution in [0.3, 0.4) is 0 Å². The van der Waals surface area contributed by atoms with Crippen LogP contribution in [0.4, 0.5) is 0 Å². The third-order valence-electron chi connectivity index (χ3n) is 3.99. The highest BCUT2D eigenvalue weighted by atomic mass is 14.9. The molecule has 3 rings (SSSR count). The van der Waals surface area contributed by atoms with Gasteiger partial charge in [-0.3, -0.25) is 0 Å². The zero-order valence-electron chi connectivity index (χ0n) is 12.5. The van der Waals surface area contributed by atoms with Crippen LogP contribution in [0.5, 0.6) is 0 Å². The second-order valence-electron chi connectivity index (χ2n) is 5.41. The minimum Gasteiger partial charge on any atom is -0.330 e. The van der Waals surface area contributed by atoms with E-state index in [9.17, 15) is 0 Å². The van der Waals surface area contributed by atoms with E-state index in [1.54, 1.807) is 0 Å². The van der Waals surface area contributed by atoms with Gasteiger partial charge < -0.3 is 10.1 Å². The van der Waals surface area contributed by atoms with E-state index in [-0.39, 0.29) is 0 Å². The molecule has 0 atom stereocenters. The molecule has 108 valence electrons. The Kier molecular flexibility index (Phi) is 4.07. The van der Waals surface area contributed by atoms with Gasteiger partial charge >= 0.3 is 0 Å². The number of aryl methyl sites for hydroxylation is 1. The first-order valence-corrected chi connectivity index (χ1v) is 7.73. The SMILES string of the molecule is CCCc1c(-c2ccccc2)c(CCN)c2ccccn12. The molecule has 0 aliphatic rings. The molecule has 0 aliphatic heterocycles. The molecule has 2 heteroatoms. The highest BCUT2D eigenvalue weighted by Gasteiger charge is 2.17. The van der Waals surface area contributed by atoms with Crippen LogP contribution in [0.15, 0.2) is 54.7 Å². The number of benzene rings is 1. The molecule has 1 aromatic carbocycles. The van der Waals surface area contributed by atoms with Crippen LogP contribution in [0.25, 0.3) is 16.6 Å². The standard InChI is InChI=1S/C19H22N2/c1-2-8-18-19(15-9-4-3-5-10-15)16(12-13-20)17-11-6-7-14-21(17)18/h3-7,9-11,14H,2,8,12-13,20H2,1H3. The largest absolute Gasteiger partial charge is 0.330 e. The summed E-state index contributed by atoms with van der Waals surface area (Å²) in [6, 6.07) is 17.1. The van der Waals surface area contributed by atoms with Crippen LogP contribution in [-0.2, 0) is 12.8 Å². The lowest BCUT2D eigenvalue weighted by molar-refractivity contribution is 0.870. The maximum Gasteiger partial charge on any atom is 0.0491 e. The summed E-state index contributed by atoms with van der Waals surface area (Å²) in [5.41, 5.74) is 12.6. The van der Waals surface area contributed by atoms with Gasteiger partial charge in [0.2, 0.25) is 0 Å². The summed E-state index contributed by atoms with van der Waals surface area (Å²) in [7, 11) is 0. The van der Waals surface area contributed by atoms with E-state index in [4.69, 9.17) is 5.73 Å². The Morgan fingerprint density at radius 2 is 1.71 bits per heavy atom. The molecule has 2 N–H and O–H groups in total. The van der Waals surface area contributed by atoms with Gasteiger partial charge in [0, 0.05) is 23.0 Å². The topological polar surface area (TPSA) is 30.4 Å². The number of rotatable bonds is 5. The predicted molar refractivity (Wildman–Crippen MR) is 89.6 cm³/mol. The van der Waals surface area contributed by atoms with E-state index in [1.165, 1.54) is 27.9 Å². The predicted octanol–water partition coefficient (Wildman–Crippen LogP) is 4.06. The van der Waals surface area contributed by atoms with Crippen molar-refractivity contribution in [3.8, 4) is 11.1 Å². The quantitative estimate of drug-likeness (QED) is 0.749. The van der Waals surface area contributed by atoms with Gasteiger partial charge in [0.1, 0.15) is 0 Å². The molecular formula is C19H22N2. The summed E-state index contributed by atoms with van der Waals surface area (Å²) in [5, 5.41) is 0. The average Bonchev–Trinajstić information content (AvgIpc) is 2.84. The Morgan fingerprint density at radius 1 is 0.952 bits per heavy atom. The van der Waals surface area contributed by atoms with Crippen molar-refractivity contribution in [1.82, 2.24) is 4.40 Å². The Morgan fingerprint density at radius 3 is 2.43 bits per heavy atom. The second kappa shape index (κ2) is 6.15. The molecule has 21 heavy (non-hydrogen) atoms. The normalized spacial score (nSPS) is 11.1. The monoisotopic (exact) mass is 278 g/mol. The van der Waals surface area contributed by atoms with Crippen molar-refractivity contribution in [2.75, 3.05) is 6.54 Å². The lowest BCUT2D eigenvalue weighted by Crippen LogP contribution is -2.03. The molecule has 2 heterocycles. The third-order valence-corrected chi connectivity index (χ3v) is 3.99. The molecule has 2 nitrogen and oxygen atoms in total. The Bertz CT molecular complexity index is 683. The number of aromatic nitrogens is 1. The molecule has 0 aliphatic carbocycles. The summed E-state index contributed by atoms with van der Waals surface area (Å²) in [5.74, 6) is 0. The summed E-state index contributed by atoms with van der Waals surface area (Å²) in [6.07, 6.45) is 5.32. The highest BCUT2D eigenvalue weighted by molar-refractivity contribution is 5.80. The van der Waals surface area contributed by atoms with Crippen LogP contribution < -0.4 is 5.73 Å². The number of pyridine rings is 1. The minimum atomic E-state index is 0.681. The van der Waals surface area contributed by atoms with Gasteiger partial charge in [-0.1, -0.05) is 49.7 Å². The van der Waals surface area contributed by atoms with Crippen molar-refractivity contribution in [2.45, 2.75) is 26.2 Å². The fraction of sp³-hybridized carbons (Fsp3) is 0.263. The van der Waals surface area contributed by atoms with Gasteiger partial charge in [0.15, 0.2) is 0 Å². The van der Waals surface area contributed by atoms with Crippen molar-refractivity contribution >= 4 is 5.52 Å². The van der Waals surface area contributed by atoms with E-state index in [1.807, 2.05) is 0 Å². The first kappa shape index (κ1) is 13.9. The van der Waals surface area contributed by atoms with Gasteiger partial charge in [-0.2, -0.15) is 0 Å². The Balaban J connectivity index is 2.33. The molecule has 0 unspecified atom stereocenters. The van der Waals surface area contributed by atoms with Crippen molar-refractivity contribution in [1.29, 1.82) is 0 Å². The fourth-order valence-corrected chi connectivity index (χ4v) is 3.17.